The molecule has 0 saturated heterocycles. The molecule has 1 N–H and O–H groups in total. The van der Waals surface area contributed by atoms with Crippen LogP contribution in [-0.2, 0) is 0 Å². The number of likely N-dealkylation sites (N-methyl/N-ethyl adjacent to an activating group) is 2. The van der Waals surface area contributed by atoms with Gasteiger partial charge in [-0.3, -0.25) is 0 Å². The van der Waals surface area contributed by atoms with Gasteiger partial charge in [0.2, 0.25) is 0 Å². The smallest absolute Gasteiger partial charge is 0.152 e. The Kier molecular flexibility index (Phi) is 31.4. The standard InChI is InChI=1S/C41H88N2O/c1-7-9-11-13-15-17-19-21-23-25-27-29-31-33-35-37-42(3,4)39-41(44)40-43(5,6)38-36-34-32-30-28-26-24-22-20-18-16-14-12-10-8-2/h41,44H,7-40H2,1-6H3/q+2. The molecule has 0 aliphatic carbocycles. The van der Waals surface area contributed by atoms with Gasteiger partial charge in [0.15, 0.2) is 6.10 Å². The average Bonchev–Trinajstić information content (AvgIpc) is 2.96. The van der Waals surface area contributed by atoms with E-state index in [1.165, 1.54) is 206 Å². The van der Waals surface area contributed by atoms with Crippen molar-refractivity contribution >= 4 is 0 Å². The molecule has 0 atom stereocenters. The summed E-state index contributed by atoms with van der Waals surface area (Å²) in [6.07, 6.45) is 42.4. The summed E-state index contributed by atoms with van der Waals surface area (Å²) < 4.78 is 1.91. The van der Waals surface area contributed by atoms with Crippen molar-refractivity contribution in [1.29, 1.82) is 0 Å². The summed E-state index contributed by atoms with van der Waals surface area (Å²) in [4.78, 5) is 0. The van der Waals surface area contributed by atoms with E-state index in [-0.39, 0.29) is 6.10 Å². The highest BCUT2D eigenvalue weighted by Gasteiger charge is 2.26. The van der Waals surface area contributed by atoms with Crippen molar-refractivity contribution in [2.75, 3.05) is 54.4 Å². The molecule has 0 aromatic heterocycles. The number of quaternary nitrogens is 2. The number of nitrogens with zero attached hydrogens (tertiary/aromatic N) is 2. The summed E-state index contributed by atoms with van der Waals surface area (Å²) >= 11 is 0. The molecule has 266 valence electrons. The summed E-state index contributed by atoms with van der Waals surface area (Å²) in [6.45, 7) is 8.77. The van der Waals surface area contributed by atoms with Crippen LogP contribution in [0.3, 0.4) is 0 Å². The van der Waals surface area contributed by atoms with E-state index in [0.29, 0.717) is 0 Å². The lowest BCUT2D eigenvalue weighted by atomic mass is 10.0. The van der Waals surface area contributed by atoms with Crippen LogP contribution in [0.5, 0.6) is 0 Å². The summed E-state index contributed by atoms with van der Waals surface area (Å²) in [5, 5.41) is 10.9. The van der Waals surface area contributed by atoms with Crippen molar-refractivity contribution < 1.29 is 14.1 Å². The molecule has 3 nitrogen and oxygen atoms in total. The third kappa shape index (κ3) is 33.2. The fourth-order valence-electron chi connectivity index (χ4n) is 7.20. The quantitative estimate of drug-likeness (QED) is 0.0543. The van der Waals surface area contributed by atoms with Crippen LogP contribution in [0.2, 0.25) is 0 Å². The molecule has 0 fully saturated rings. The maximum atomic E-state index is 10.9. The molecule has 0 heterocycles. The Labute approximate surface area is 280 Å². The molecule has 0 spiro atoms. The van der Waals surface area contributed by atoms with Gasteiger partial charge in [0.05, 0.1) is 41.3 Å². The van der Waals surface area contributed by atoms with Crippen molar-refractivity contribution in [1.82, 2.24) is 0 Å². The van der Waals surface area contributed by atoms with E-state index in [4.69, 9.17) is 0 Å². The monoisotopic (exact) mass is 625 g/mol. The van der Waals surface area contributed by atoms with Gasteiger partial charge in [-0.25, -0.2) is 0 Å². The fourth-order valence-corrected chi connectivity index (χ4v) is 7.20. The summed E-state index contributed by atoms with van der Waals surface area (Å²) in [6, 6.07) is 0. The molecule has 0 aliphatic rings. The van der Waals surface area contributed by atoms with Crippen molar-refractivity contribution in [2.24, 2.45) is 0 Å². The number of aliphatic hydroxyl groups excluding tert-OH is 1. The second-order valence-electron chi connectivity index (χ2n) is 16.2. The molecule has 0 saturated carbocycles. The Hall–Kier alpha value is -0.120. The van der Waals surface area contributed by atoms with Crippen LogP contribution in [0.4, 0.5) is 0 Å². The second-order valence-corrected chi connectivity index (χ2v) is 16.2. The molecule has 0 rings (SSSR count). The van der Waals surface area contributed by atoms with Crippen molar-refractivity contribution in [3.05, 3.63) is 0 Å². The Balaban J connectivity index is 3.63. The van der Waals surface area contributed by atoms with Crippen LogP contribution in [0.1, 0.15) is 206 Å². The molecule has 0 unspecified atom stereocenters. The molecule has 0 aromatic carbocycles. The summed E-state index contributed by atoms with van der Waals surface area (Å²) in [5.41, 5.74) is 0. The maximum absolute atomic E-state index is 10.9. The highest BCUT2D eigenvalue weighted by Crippen LogP contribution is 2.16. The van der Waals surface area contributed by atoms with E-state index in [9.17, 15) is 5.11 Å². The molecule has 0 aromatic rings. The first-order valence-corrected chi connectivity index (χ1v) is 20.5. The molecule has 3 heteroatoms. The molecule has 0 amide bonds. The summed E-state index contributed by atoms with van der Waals surface area (Å²) in [5.74, 6) is 0. The lowest BCUT2D eigenvalue weighted by molar-refractivity contribution is -0.914. The highest BCUT2D eigenvalue weighted by atomic mass is 16.3. The van der Waals surface area contributed by atoms with E-state index in [2.05, 4.69) is 42.0 Å². The Morgan fingerprint density at radius 3 is 0.705 bits per heavy atom. The van der Waals surface area contributed by atoms with Crippen molar-refractivity contribution in [3.63, 3.8) is 0 Å². The molecular weight excluding hydrogens is 536 g/mol. The van der Waals surface area contributed by atoms with Gasteiger partial charge < -0.3 is 14.1 Å². The Morgan fingerprint density at radius 1 is 0.318 bits per heavy atom. The number of hydrogen-bond acceptors (Lipinski definition) is 1. The largest absolute Gasteiger partial charge is 0.382 e. The first-order valence-electron chi connectivity index (χ1n) is 20.5. The maximum Gasteiger partial charge on any atom is 0.152 e. The van der Waals surface area contributed by atoms with Crippen LogP contribution in [0.25, 0.3) is 0 Å². The number of unbranched alkanes of at least 4 members (excludes halogenated alkanes) is 28. The topological polar surface area (TPSA) is 20.2 Å². The third-order valence-electron chi connectivity index (χ3n) is 10.1. The van der Waals surface area contributed by atoms with E-state index in [1.807, 2.05) is 0 Å². The highest BCUT2D eigenvalue weighted by molar-refractivity contribution is 4.56. The molecular formula is C41H88N2O+2. The lowest BCUT2D eigenvalue weighted by Gasteiger charge is -2.36. The number of rotatable bonds is 36. The Bertz CT molecular complexity index is 513. The molecule has 0 aliphatic heterocycles. The minimum atomic E-state index is -0.201. The van der Waals surface area contributed by atoms with Crippen LogP contribution in [-0.4, -0.2) is 74.5 Å². The SMILES string of the molecule is CCCCCCCCCCCCCCCCC[N+](C)(C)CC(O)C[N+](C)(C)CCCCCCCCCCCCCCCCC. The zero-order valence-electron chi connectivity index (χ0n) is 32.0. The van der Waals surface area contributed by atoms with Crippen LogP contribution in [0, 0.1) is 0 Å². The fraction of sp³-hybridized carbons (Fsp3) is 1.00. The summed E-state index contributed by atoms with van der Waals surface area (Å²) in [7, 11) is 9.28. The zero-order chi connectivity index (χ0) is 32.6. The second kappa shape index (κ2) is 31.5. The molecule has 0 radical (unpaired) electrons. The van der Waals surface area contributed by atoms with Crippen LogP contribution < -0.4 is 0 Å². The van der Waals surface area contributed by atoms with Crippen LogP contribution in [0.15, 0.2) is 0 Å². The predicted molar refractivity (Wildman–Crippen MR) is 200 cm³/mol. The van der Waals surface area contributed by atoms with Crippen molar-refractivity contribution in [2.45, 2.75) is 213 Å². The first-order chi connectivity index (χ1) is 21.2. The van der Waals surface area contributed by atoms with Gasteiger partial charge >= 0.3 is 0 Å². The minimum Gasteiger partial charge on any atom is -0.382 e. The van der Waals surface area contributed by atoms with E-state index in [1.54, 1.807) is 0 Å². The third-order valence-corrected chi connectivity index (χ3v) is 10.1. The molecule has 44 heavy (non-hydrogen) atoms. The number of hydrogen-bond donors (Lipinski definition) is 1. The van der Waals surface area contributed by atoms with E-state index < -0.39 is 0 Å². The van der Waals surface area contributed by atoms with E-state index >= 15 is 0 Å². The van der Waals surface area contributed by atoms with Gasteiger partial charge in [0.25, 0.3) is 0 Å². The number of aliphatic hydroxyl groups is 1. The zero-order valence-corrected chi connectivity index (χ0v) is 32.0. The normalized spacial score (nSPS) is 12.5. The van der Waals surface area contributed by atoms with Gasteiger partial charge in [-0.05, 0) is 25.7 Å². The predicted octanol–water partition coefficient (Wildman–Crippen LogP) is 12.2. The molecule has 0 bridgehead atoms. The van der Waals surface area contributed by atoms with Gasteiger partial charge in [-0.15, -0.1) is 0 Å². The Morgan fingerprint density at radius 2 is 0.500 bits per heavy atom. The van der Waals surface area contributed by atoms with Gasteiger partial charge in [0.1, 0.15) is 13.1 Å². The minimum absolute atomic E-state index is 0.201. The van der Waals surface area contributed by atoms with Crippen molar-refractivity contribution in [3.8, 4) is 0 Å². The lowest BCUT2D eigenvalue weighted by Crippen LogP contribution is -2.53. The van der Waals surface area contributed by atoms with Gasteiger partial charge in [-0.2, -0.15) is 0 Å². The first kappa shape index (κ1) is 43.9. The van der Waals surface area contributed by atoms with Crippen LogP contribution >= 0.6 is 0 Å². The van der Waals surface area contributed by atoms with E-state index in [0.717, 1.165) is 22.1 Å². The van der Waals surface area contributed by atoms with Gasteiger partial charge in [-0.1, -0.05) is 181 Å². The average molecular weight is 625 g/mol. The van der Waals surface area contributed by atoms with Gasteiger partial charge in [0, 0.05) is 0 Å².